The van der Waals surface area contributed by atoms with Crippen LogP contribution in [0.3, 0.4) is 0 Å². The summed E-state index contributed by atoms with van der Waals surface area (Å²) >= 11 is 12.8. The molecule has 3 aromatic rings. The van der Waals surface area contributed by atoms with Crippen LogP contribution in [0.1, 0.15) is 33.0 Å². The van der Waals surface area contributed by atoms with E-state index in [9.17, 15) is 14.4 Å². The topological polar surface area (TPSA) is 73.4 Å². The molecule has 5 rings (SSSR count). The molecule has 0 radical (unpaired) electrons. The first-order valence-corrected chi connectivity index (χ1v) is 10.0. The molecule has 0 fully saturated rings. The number of carbonyl (C=O) groups excluding carboxylic acids is 1. The Balaban J connectivity index is 1.94. The van der Waals surface area contributed by atoms with Crippen molar-refractivity contribution in [2.24, 2.45) is 25.0 Å². The first-order chi connectivity index (χ1) is 14.3. The molecule has 0 spiro atoms. The van der Waals surface area contributed by atoms with Gasteiger partial charge in [-0.05, 0) is 11.6 Å². The van der Waals surface area contributed by atoms with Gasteiger partial charge in [0.25, 0.3) is 5.56 Å². The molecule has 0 bridgehead atoms. The van der Waals surface area contributed by atoms with Crippen molar-refractivity contribution >= 4 is 40.5 Å². The van der Waals surface area contributed by atoms with Crippen molar-refractivity contribution in [1.29, 1.82) is 0 Å². The zero-order valence-corrected chi connectivity index (χ0v) is 17.5. The van der Waals surface area contributed by atoms with Crippen LogP contribution in [0.4, 0.5) is 5.82 Å². The third-order valence-corrected chi connectivity index (χ3v) is 6.73. The van der Waals surface area contributed by atoms with Gasteiger partial charge in [-0.25, -0.2) is 9.79 Å². The minimum Gasteiger partial charge on any atom is -0.293 e. The van der Waals surface area contributed by atoms with Crippen LogP contribution in [-0.4, -0.2) is 20.6 Å². The van der Waals surface area contributed by atoms with E-state index < -0.39 is 23.1 Å². The van der Waals surface area contributed by atoms with Gasteiger partial charge in [-0.15, -0.1) is 0 Å². The van der Waals surface area contributed by atoms with E-state index in [1.54, 1.807) is 37.4 Å². The maximum absolute atomic E-state index is 13.4. The molecule has 6 nitrogen and oxygen atoms in total. The molecule has 2 atom stereocenters. The highest BCUT2D eigenvalue weighted by Crippen LogP contribution is 2.48. The predicted octanol–water partition coefficient (Wildman–Crippen LogP) is 3.47. The molecule has 150 valence electrons. The number of ketones is 1. The van der Waals surface area contributed by atoms with Crippen molar-refractivity contribution < 1.29 is 4.79 Å². The van der Waals surface area contributed by atoms with E-state index in [1.807, 2.05) is 12.1 Å². The molecule has 0 saturated carbocycles. The lowest BCUT2D eigenvalue weighted by molar-refractivity contribution is 0.0953. The molecular formula is C22H15Cl2N3O3. The second-order valence-electron chi connectivity index (χ2n) is 7.45. The van der Waals surface area contributed by atoms with Gasteiger partial charge in [0.2, 0.25) is 0 Å². The second-order valence-corrected chi connectivity index (χ2v) is 8.23. The van der Waals surface area contributed by atoms with Gasteiger partial charge in [0.1, 0.15) is 5.82 Å². The molecule has 1 aliphatic heterocycles. The lowest BCUT2D eigenvalue weighted by Gasteiger charge is -2.30. The van der Waals surface area contributed by atoms with Gasteiger partial charge in [-0.3, -0.25) is 18.7 Å². The monoisotopic (exact) mass is 439 g/mol. The average Bonchev–Trinajstić information content (AvgIpc) is 3.04. The average molecular weight is 440 g/mol. The molecule has 0 saturated heterocycles. The van der Waals surface area contributed by atoms with E-state index >= 15 is 0 Å². The fourth-order valence-corrected chi connectivity index (χ4v) is 4.89. The van der Waals surface area contributed by atoms with Gasteiger partial charge >= 0.3 is 5.69 Å². The van der Waals surface area contributed by atoms with Gasteiger partial charge in [0.05, 0.1) is 27.2 Å². The van der Waals surface area contributed by atoms with Crippen LogP contribution < -0.4 is 11.2 Å². The number of halogens is 2. The number of rotatable bonds is 1. The Morgan fingerprint density at radius 2 is 1.57 bits per heavy atom. The largest absolute Gasteiger partial charge is 0.332 e. The van der Waals surface area contributed by atoms with Crippen molar-refractivity contribution in [1.82, 2.24) is 9.13 Å². The Morgan fingerprint density at radius 3 is 2.30 bits per heavy atom. The van der Waals surface area contributed by atoms with Crippen LogP contribution in [0.15, 0.2) is 57.0 Å². The summed E-state index contributed by atoms with van der Waals surface area (Å²) in [6, 6.07) is 12.3. The molecule has 8 heteroatoms. The summed E-state index contributed by atoms with van der Waals surface area (Å²) in [5.41, 5.74) is 1.61. The number of aliphatic imine (C=N–C) groups is 1. The van der Waals surface area contributed by atoms with E-state index in [-0.39, 0.29) is 22.2 Å². The fraction of sp³-hybridized carbons (Fsp3) is 0.182. The predicted molar refractivity (Wildman–Crippen MR) is 116 cm³/mol. The first kappa shape index (κ1) is 19.0. The van der Waals surface area contributed by atoms with Crippen molar-refractivity contribution in [2.45, 2.75) is 5.92 Å². The molecule has 1 aromatic heterocycles. The normalized spacial score (nSPS) is 19.2. The highest BCUT2D eigenvalue weighted by Gasteiger charge is 2.48. The lowest BCUT2D eigenvalue weighted by atomic mass is 9.76. The zero-order chi connectivity index (χ0) is 21.3. The number of benzene rings is 2. The number of hydrogen-bond acceptors (Lipinski definition) is 4. The van der Waals surface area contributed by atoms with Crippen LogP contribution >= 0.6 is 23.2 Å². The summed E-state index contributed by atoms with van der Waals surface area (Å²) in [7, 11) is 2.97. The highest BCUT2D eigenvalue weighted by molar-refractivity contribution is 6.42. The number of hydrogen-bond donors (Lipinski definition) is 0. The van der Waals surface area contributed by atoms with Crippen molar-refractivity contribution in [3.8, 4) is 0 Å². The summed E-state index contributed by atoms with van der Waals surface area (Å²) in [6.07, 6.45) is 0. The van der Waals surface area contributed by atoms with Crippen LogP contribution in [0.5, 0.6) is 0 Å². The Bertz CT molecular complexity index is 1420. The maximum atomic E-state index is 13.4. The van der Waals surface area contributed by atoms with Gasteiger partial charge in [-0.1, -0.05) is 59.6 Å². The number of fused-ring (bicyclic) bond motifs is 4. The van der Waals surface area contributed by atoms with Crippen molar-refractivity contribution in [3.63, 3.8) is 0 Å². The van der Waals surface area contributed by atoms with Gasteiger partial charge in [-0.2, -0.15) is 0 Å². The Morgan fingerprint density at radius 1 is 0.867 bits per heavy atom. The molecule has 0 unspecified atom stereocenters. The first-order valence-electron chi connectivity index (χ1n) is 9.29. The highest BCUT2D eigenvalue weighted by atomic mass is 35.5. The SMILES string of the molecule is Cn1c2c(c(=O)n(C)c1=O)[C@@H](c1cccc(Cl)c1Cl)[C@@H]1C(=O)c3ccccc3C1=N2. The minimum absolute atomic E-state index is 0.132. The maximum Gasteiger partial charge on any atom is 0.332 e. The summed E-state index contributed by atoms with van der Waals surface area (Å²) in [5.74, 6) is -1.34. The van der Waals surface area contributed by atoms with E-state index in [1.165, 1.54) is 11.6 Å². The van der Waals surface area contributed by atoms with Crippen LogP contribution in [-0.2, 0) is 14.1 Å². The summed E-state index contributed by atoms with van der Waals surface area (Å²) in [6.45, 7) is 0. The van der Waals surface area contributed by atoms with E-state index in [2.05, 4.69) is 4.99 Å². The van der Waals surface area contributed by atoms with Gasteiger partial charge < -0.3 is 0 Å². The number of carbonyl (C=O) groups is 1. The summed E-state index contributed by atoms with van der Waals surface area (Å²) < 4.78 is 2.36. The quantitative estimate of drug-likeness (QED) is 0.582. The fourth-order valence-electron chi connectivity index (χ4n) is 4.46. The van der Waals surface area contributed by atoms with Gasteiger partial charge in [0.15, 0.2) is 5.78 Å². The standard InChI is InChI=1S/C22H15Cl2N3O3/c1-26-20-16(21(29)27(2)22(26)30)14(12-8-5-9-13(23)17(12)24)15-18(25-20)10-6-3-4-7-11(10)19(15)28/h3-9,14-15H,1-2H3/t14-,15-/m0/s1. The second kappa shape index (κ2) is 6.52. The molecular weight excluding hydrogens is 425 g/mol. The molecule has 2 heterocycles. The lowest BCUT2D eigenvalue weighted by Crippen LogP contribution is -2.43. The zero-order valence-electron chi connectivity index (χ0n) is 16.0. The third kappa shape index (κ3) is 2.38. The van der Waals surface area contributed by atoms with Gasteiger partial charge in [0, 0.05) is 31.1 Å². The van der Waals surface area contributed by atoms with E-state index in [4.69, 9.17) is 23.2 Å². The van der Waals surface area contributed by atoms with Crippen molar-refractivity contribution in [2.75, 3.05) is 0 Å². The molecule has 2 aromatic carbocycles. The molecule has 30 heavy (non-hydrogen) atoms. The Kier molecular flexibility index (Phi) is 4.14. The minimum atomic E-state index is -0.726. The van der Waals surface area contributed by atoms with Crippen LogP contribution in [0.2, 0.25) is 10.0 Å². The van der Waals surface area contributed by atoms with E-state index in [0.717, 1.165) is 4.57 Å². The van der Waals surface area contributed by atoms with E-state index in [0.29, 0.717) is 27.4 Å². The number of Topliss-reactive ketones (excluding diaryl/α,β-unsaturated/α-hetero) is 1. The summed E-state index contributed by atoms with van der Waals surface area (Å²) in [5, 5.41) is 0.598. The summed E-state index contributed by atoms with van der Waals surface area (Å²) in [4.78, 5) is 43.9. The molecule has 2 aliphatic rings. The number of aromatic nitrogens is 2. The van der Waals surface area contributed by atoms with Crippen LogP contribution in [0, 0.1) is 5.92 Å². The Hall–Kier alpha value is -2.96. The smallest absolute Gasteiger partial charge is 0.293 e. The Labute approximate surface area is 181 Å². The number of nitrogens with zero attached hydrogens (tertiary/aromatic N) is 3. The molecule has 0 amide bonds. The van der Waals surface area contributed by atoms with Crippen LogP contribution in [0.25, 0.3) is 0 Å². The molecule has 0 N–H and O–H groups in total. The molecule has 1 aliphatic carbocycles. The third-order valence-electron chi connectivity index (χ3n) is 5.90. The van der Waals surface area contributed by atoms with Crippen molar-refractivity contribution in [3.05, 3.63) is 95.6 Å².